The van der Waals surface area contributed by atoms with Crippen molar-refractivity contribution >= 4 is 11.3 Å². The van der Waals surface area contributed by atoms with Gasteiger partial charge in [-0.1, -0.05) is 25.1 Å². The van der Waals surface area contributed by atoms with Crippen LogP contribution in [0.2, 0.25) is 0 Å². The van der Waals surface area contributed by atoms with E-state index in [1.54, 1.807) is 0 Å². The molecule has 0 amide bonds. The van der Waals surface area contributed by atoms with E-state index in [2.05, 4.69) is 63.2 Å². The first-order chi connectivity index (χ1) is 6.69. The lowest BCUT2D eigenvalue weighted by Crippen LogP contribution is -2.08. The summed E-state index contributed by atoms with van der Waals surface area (Å²) in [4.78, 5) is 2.12. The zero-order chi connectivity index (χ0) is 10.6. The van der Waals surface area contributed by atoms with Gasteiger partial charge in [0, 0.05) is 19.8 Å². The van der Waals surface area contributed by atoms with Gasteiger partial charge < -0.3 is 4.90 Å². The molecule has 0 heterocycles. The number of anilines is 1. The fraction of sp³-hybridized carbons (Fsp3) is 0.385. The monoisotopic (exact) mass is 189 g/mol. The minimum Gasteiger partial charge on any atom is -0.378 e. The standard InChI is InChI=1S/C13H19N/c1-5-11(6-2)12-7-9-13(10-8-12)14(3)4/h5,7-10H,6H2,1-4H3/b11-5+. The Morgan fingerprint density at radius 1 is 1.21 bits per heavy atom. The average molecular weight is 189 g/mol. The molecule has 0 aliphatic rings. The second-order valence-electron chi connectivity index (χ2n) is 3.61. The molecule has 0 aromatic heterocycles. The van der Waals surface area contributed by atoms with Crippen molar-refractivity contribution in [3.8, 4) is 0 Å². The number of rotatable bonds is 3. The summed E-state index contributed by atoms with van der Waals surface area (Å²) in [5.41, 5.74) is 4.00. The molecule has 0 fully saturated rings. The molecule has 14 heavy (non-hydrogen) atoms. The van der Waals surface area contributed by atoms with Crippen molar-refractivity contribution in [3.05, 3.63) is 35.9 Å². The number of nitrogens with zero attached hydrogens (tertiary/aromatic N) is 1. The van der Waals surface area contributed by atoms with Gasteiger partial charge in [0.15, 0.2) is 0 Å². The number of allylic oxidation sites excluding steroid dienone is 2. The Hall–Kier alpha value is -1.24. The van der Waals surface area contributed by atoms with Crippen LogP contribution in [0, 0.1) is 0 Å². The summed E-state index contributed by atoms with van der Waals surface area (Å²) in [5, 5.41) is 0. The summed E-state index contributed by atoms with van der Waals surface area (Å²) in [6.07, 6.45) is 3.28. The molecule has 0 spiro atoms. The largest absolute Gasteiger partial charge is 0.378 e. The highest BCUT2D eigenvalue weighted by molar-refractivity contribution is 5.66. The van der Waals surface area contributed by atoms with Crippen molar-refractivity contribution in [1.29, 1.82) is 0 Å². The lowest BCUT2D eigenvalue weighted by Gasteiger charge is -2.13. The molecule has 0 unspecified atom stereocenters. The minimum absolute atomic E-state index is 1.10. The van der Waals surface area contributed by atoms with E-state index >= 15 is 0 Å². The van der Waals surface area contributed by atoms with Crippen molar-refractivity contribution in [2.45, 2.75) is 20.3 Å². The maximum atomic E-state index is 2.19. The Kier molecular flexibility index (Phi) is 3.75. The van der Waals surface area contributed by atoms with Crippen LogP contribution < -0.4 is 4.90 Å². The van der Waals surface area contributed by atoms with Gasteiger partial charge in [0.25, 0.3) is 0 Å². The third-order valence-electron chi connectivity index (χ3n) is 2.48. The molecule has 0 N–H and O–H groups in total. The summed E-state index contributed by atoms with van der Waals surface area (Å²) in [6.45, 7) is 4.29. The first kappa shape index (κ1) is 10.8. The molecule has 76 valence electrons. The van der Waals surface area contributed by atoms with Crippen LogP contribution in [0.1, 0.15) is 25.8 Å². The number of hydrogen-bond donors (Lipinski definition) is 0. The van der Waals surface area contributed by atoms with Crippen LogP contribution in [0.15, 0.2) is 30.3 Å². The molecule has 1 aromatic carbocycles. The second kappa shape index (κ2) is 4.85. The third-order valence-corrected chi connectivity index (χ3v) is 2.48. The molecular weight excluding hydrogens is 170 g/mol. The Morgan fingerprint density at radius 3 is 2.14 bits per heavy atom. The quantitative estimate of drug-likeness (QED) is 0.702. The van der Waals surface area contributed by atoms with Gasteiger partial charge in [-0.25, -0.2) is 0 Å². The average Bonchev–Trinajstić information content (AvgIpc) is 2.20. The molecule has 0 aliphatic heterocycles. The van der Waals surface area contributed by atoms with E-state index in [4.69, 9.17) is 0 Å². The first-order valence-corrected chi connectivity index (χ1v) is 5.12. The predicted molar refractivity (Wildman–Crippen MR) is 64.7 cm³/mol. The Balaban J connectivity index is 2.93. The fourth-order valence-corrected chi connectivity index (χ4v) is 1.55. The SMILES string of the molecule is C/C=C(\CC)c1ccc(N(C)C)cc1. The van der Waals surface area contributed by atoms with Gasteiger partial charge >= 0.3 is 0 Å². The van der Waals surface area contributed by atoms with Crippen LogP contribution in [-0.4, -0.2) is 14.1 Å². The van der Waals surface area contributed by atoms with Crippen molar-refractivity contribution < 1.29 is 0 Å². The van der Waals surface area contributed by atoms with Crippen LogP contribution >= 0.6 is 0 Å². The Morgan fingerprint density at radius 2 is 1.79 bits per heavy atom. The first-order valence-electron chi connectivity index (χ1n) is 5.12. The number of benzene rings is 1. The molecule has 1 nitrogen and oxygen atoms in total. The molecule has 0 aliphatic carbocycles. The summed E-state index contributed by atoms with van der Waals surface area (Å²) in [5.74, 6) is 0. The van der Waals surface area contributed by atoms with Crippen LogP contribution in [0.3, 0.4) is 0 Å². The lowest BCUT2D eigenvalue weighted by molar-refractivity contribution is 1.13. The summed E-state index contributed by atoms with van der Waals surface area (Å²) in [7, 11) is 4.12. The summed E-state index contributed by atoms with van der Waals surface area (Å²) >= 11 is 0. The van der Waals surface area contributed by atoms with Gasteiger partial charge in [-0.2, -0.15) is 0 Å². The van der Waals surface area contributed by atoms with Gasteiger partial charge in [-0.05, 0) is 36.6 Å². The Bertz CT molecular complexity index is 307. The molecule has 1 rings (SSSR count). The van der Waals surface area contributed by atoms with Crippen molar-refractivity contribution in [2.75, 3.05) is 19.0 Å². The fourth-order valence-electron chi connectivity index (χ4n) is 1.55. The smallest absolute Gasteiger partial charge is 0.0361 e. The summed E-state index contributed by atoms with van der Waals surface area (Å²) in [6, 6.07) is 8.70. The molecule has 0 saturated heterocycles. The van der Waals surface area contributed by atoms with E-state index in [-0.39, 0.29) is 0 Å². The van der Waals surface area contributed by atoms with E-state index in [0.29, 0.717) is 0 Å². The maximum Gasteiger partial charge on any atom is 0.0361 e. The zero-order valence-corrected chi connectivity index (χ0v) is 9.54. The van der Waals surface area contributed by atoms with Gasteiger partial charge in [-0.3, -0.25) is 0 Å². The second-order valence-corrected chi connectivity index (χ2v) is 3.61. The molecule has 1 aromatic rings. The minimum atomic E-state index is 1.10. The van der Waals surface area contributed by atoms with E-state index in [9.17, 15) is 0 Å². The zero-order valence-electron chi connectivity index (χ0n) is 9.54. The van der Waals surface area contributed by atoms with Crippen molar-refractivity contribution in [2.24, 2.45) is 0 Å². The van der Waals surface area contributed by atoms with Gasteiger partial charge in [0.1, 0.15) is 0 Å². The molecule has 0 atom stereocenters. The topological polar surface area (TPSA) is 3.24 Å². The van der Waals surface area contributed by atoms with E-state index in [0.717, 1.165) is 6.42 Å². The highest BCUT2D eigenvalue weighted by Crippen LogP contribution is 2.20. The van der Waals surface area contributed by atoms with Gasteiger partial charge in [0.2, 0.25) is 0 Å². The highest BCUT2D eigenvalue weighted by atomic mass is 15.1. The lowest BCUT2D eigenvalue weighted by atomic mass is 10.0. The van der Waals surface area contributed by atoms with E-state index < -0.39 is 0 Å². The van der Waals surface area contributed by atoms with E-state index in [1.807, 2.05) is 0 Å². The molecule has 0 saturated carbocycles. The van der Waals surface area contributed by atoms with Crippen molar-refractivity contribution in [1.82, 2.24) is 0 Å². The van der Waals surface area contributed by atoms with Crippen LogP contribution in [0.25, 0.3) is 5.57 Å². The van der Waals surface area contributed by atoms with Crippen LogP contribution in [-0.2, 0) is 0 Å². The maximum absolute atomic E-state index is 2.19. The highest BCUT2D eigenvalue weighted by Gasteiger charge is 1.98. The molecule has 0 bridgehead atoms. The van der Waals surface area contributed by atoms with Gasteiger partial charge in [0.05, 0.1) is 0 Å². The van der Waals surface area contributed by atoms with E-state index in [1.165, 1.54) is 16.8 Å². The molecular formula is C13H19N. The predicted octanol–water partition coefficient (Wildman–Crippen LogP) is 3.57. The summed E-state index contributed by atoms with van der Waals surface area (Å²) < 4.78 is 0. The Labute approximate surface area is 87.1 Å². The number of hydrogen-bond acceptors (Lipinski definition) is 1. The molecule has 0 radical (unpaired) electrons. The van der Waals surface area contributed by atoms with Gasteiger partial charge in [-0.15, -0.1) is 0 Å². The normalized spacial score (nSPS) is 11.6. The van der Waals surface area contributed by atoms with Crippen LogP contribution in [0.5, 0.6) is 0 Å². The van der Waals surface area contributed by atoms with Crippen LogP contribution in [0.4, 0.5) is 5.69 Å². The molecule has 1 heteroatoms. The van der Waals surface area contributed by atoms with Crippen molar-refractivity contribution in [3.63, 3.8) is 0 Å². The third kappa shape index (κ3) is 2.38.